The number of rotatable bonds is 3. The van der Waals surface area contributed by atoms with E-state index in [0.717, 1.165) is 37.0 Å². The van der Waals surface area contributed by atoms with Gasteiger partial charge in [0.15, 0.2) is 0 Å². The first-order valence-corrected chi connectivity index (χ1v) is 10.0. The van der Waals surface area contributed by atoms with Crippen LogP contribution in [0.1, 0.15) is 55.5 Å². The minimum absolute atomic E-state index is 0.0147. The molecule has 1 saturated carbocycles. The molecule has 0 amide bonds. The minimum Gasteiger partial charge on any atom is -0.459 e. The molecule has 1 aromatic rings. The molecule has 21 heavy (non-hydrogen) atoms. The summed E-state index contributed by atoms with van der Waals surface area (Å²) in [6.07, 6.45) is 3.66. The van der Waals surface area contributed by atoms with E-state index in [-0.39, 0.29) is 10.3 Å². The number of ether oxygens (including phenoxy) is 1. The predicted octanol–water partition coefficient (Wildman–Crippen LogP) is 4.11. The van der Waals surface area contributed by atoms with Gasteiger partial charge in [-0.25, -0.2) is 13.2 Å². The smallest absolute Gasteiger partial charge is 0.339 e. The molecule has 7 heteroatoms. The van der Waals surface area contributed by atoms with Crippen LogP contribution in [0.5, 0.6) is 0 Å². The van der Waals surface area contributed by atoms with Crippen LogP contribution in [-0.2, 0) is 13.8 Å². The highest BCUT2D eigenvalue weighted by Gasteiger charge is 2.30. The van der Waals surface area contributed by atoms with E-state index in [1.54, 1.807) is 6.92 Å². The highest BCUT2D eigenvalue weighted by molar-refractivity contribution is 8.15. The Balaban J connectivity index is 2.07. The molecule has 0 aromatic carbocycles. The molecular formula is C14H19ClO4S2. The maximum atomic E-state index is 12.2. The van der Waals surface area contributed by atoms with Crippen molar-refractivity contribution in [2.24, 2.45) is 5.41 Å². The molecular weight excluding hydrogens is 332 g/mol. The van der Waals surface area contributed by atoms with Crippen molar-refractivity contribution in [3.05, 3.63) is 16.5 Å². The summed E-state index contributed by atoms with van der Waals surface area (Å²) >= 11 is 0.952. The maximum Gasteiger partial charge on any atom is 0.339 e. The van der Waals surface area contributed by atoms with Crippen LogP contribution in [0, 0.1) is 12.3 Å². The monoisotopic (exact) mass is 350 g/mol. The summed E-state index contributed by atoms with van der Waals surface area (Å²) in [4.78, 5) is 12.2. The molecule has 0 bridgehead atoms. The average molecular weight is 351 g/mol. The van der Waals surface area contributed by atoms with Crippen LogP contribution in [0.3, 0.4) is 0 Å². The molecule has 1 aromatic heterocycles. The second kappa shape index (κ2) is 5.89. The van der Waals surface area contributed by atoms with Gasteiger partial charge in [0, 0.05) is 16.1 Å². The zero-order valence-electron chi connectivity index (χ0n) is 12.3. The minimum atomic E-state index is -3.81. The van der Waals surface area contributed by atoms with Crippen LogP contribution >= 0.6 is 22.0 Å². The first kappa shape index (κ1) is 16.8. The molecule has 0 unspecified atom stereocenters. The van der Waals surface area contributed by atoms with Gasteiger partial charge in [-0.05, 0) is 43.6 Å². The fraction of sp³-hybridized carbons (Fsp3) is 0.643. The van der Waals surface area contributed by atoms with Gasteiger partial charge in [0.2, 0.25) is 0 Å². The van der Waals surface area contributed by atoms with Gasteiger partial charge in [-0.3, -0.25) is 0 Å². The zero-order valence-corrected chi connectivity index (χ0v) is 14.7. The molecule has 1 aliphatic carbocycles. The number of carbonyl (C=O) groups is 1. The number of esters is 1. The number of thiophene rings is 1. The summed E-state index contributed by atoms with van der Waals surface area (Å²) in [7, 11) is 1.52. The molecule has 4 nitrogen and oxygen atoms in total. The lowest BCUT2D eigenvalue weighted by Gasteiger charge is -2.33. The van der Waals surface area contributed by atoms with E-state index in [1.165, 1.54) is 5.38 Å². The zero-order chi connectivity index (χ0) is 15.8. The number of carbonyl (C=O) groups excluding carboxylic acids is 1. The summed E-state index contributed by atoms with van der Waals surface area (Å²) in [6, 6.07) is 0. The van der Waals surface area contributed by atoms with E-state index in [2.05, 4.69) is 13.8 Å². The van der Waals surface area contributed by atoms with E-state index in [1.807, 2.05) is 0 Å². The Kier molecular flexibility index (Phi) is 4.71. The van der Waals surface area contributed by atoms with Gasteiger partial charge in [-0.2, -0.15) is 0 Å². The molecule has 1 aliphatic rings. The molecule has 1 fully saturated rings. The third-order valence-corrected chi connectivity index (χ3v) is 7.30. The van der Waals surface area contributed by atoms with E-state index >= 15 is 0 Å². The van der Waals surface area contributed by atoms with Crippen molar-refractivity contribution in [2.75, 3.05) is 0 Å². The van der Waals surface area contributed by atoms with Crippen LogP contribution in [-0.4, -0.2) is 20.5 Å². The summed E-state index contributed by atoms with van der Waals surface area (Å²) in [5.74, 6) is -0.458. The van der Waals surface area contributed by atoms with Crippen LogP contribution in [0.4, 0.5) is 0 Å². The van der Waals surface area contributed by atoms with Gasteiger partial charge in [-0.1, -0.05) is 13.8 Å². The lowest BCUT2D eigenvalue weighted by Crippen LogP contribution is -2.28. The number of hydrogen-bond acceptors (Lipinski definition) is 5. The largest absolute Gasteiger partial charge is 0.459 e. The fourth-order valence-electron chi connectivity index (χ4n) is 2.55. The molecule has 0 aliphatic heterocycles. The van der Waals surface area contributed by atoms with Crippen molar-refractivity contribution < 1.29 is 17.9 Å². The van der Waals surface area contributed by atoms with E-state index in [0.29, 0.717) is 16.5 Å². The number of halogens is 1. The van der Waals surface area contributed by atoms with Crippen LogP contribution in [0.25, 0.3) is 0 Å². The normalized spacial score (nSPS) is 19.4. The second-order valence-corrected chi connectivity index (χ2v) is 9.91. The summed E-state index contributed by atoms with van der Waals surface area (Å²) < 4.78 is 28.3. The summed E-state index contributed by atoms with van der Waals surface area (Å²) in [5.41, 5.74) is 0.973. The molecule has 0 N–H and O–H groups in total. The Bertz CT molecular complexity index is 636. The third-order valence-electron chi connectivity index (χ3n) is 4.00. The Morgan fingerprint density at radius 1 is 1.38 bits per heavy atom. The van der Waals surface area contributed by atoms with Crippen LogP contribution in [0.15, 0.2) is 9.59 Å². The summed E-state index contributed by atoms with van der Waals surface area (Å²) in [6.45, 7) is 6.00. The van der Waals surface area contributed by atoms with Crippen molar-refractivity contribution in [1.29, 1.82) is 0 Å². The maximum absolute atomic E-state index is 12.2. The van der Waals surface area contributed by atoms with Crippen LogP contribution in [0.2, 0.25) is 0 Å². The Labute approximate surface area is 133 Å². The van der Waals surface area contributed by atoms with Gasteiger partial charge < -0.3 is 4.74 Å². The SMILES string of the molecule is Cc1c(C(=O)OC2CCC(C)(C)CC2)csc1S(=O)(=O)Cl. The van der Waals surface area contributed by atoms with E-state index < -0.39 is 15.0 Å². The van der Waals surface area contributed by atoms with Crippen molar-refractivity contribution in [3.63, 3.8) is 0 Å². The van der Waals surface area contributed by atoms with Gasteiger partial charge in [0.1, 0.15) is 10.3 Å². The van der Waals surface area contributed by atoms with Crippen molar-refractivity contribution in [3.8, 4) is 0 Å². The predicted molar refractivity (Wildman–Crippen MR) is 83.5 cm³/mol. The Morgan fingerprint density at radius 2 is 1.95 bits per heavy atom. The van der Waals surface area contributed by atoms with Gasteiger partial charge in [0.05, 0.1) is 5.56 Å². The number of hydrogen-bond donors (Lipinski definition) is 0. The highest BCUT2D eigenvalue weighted by atomic mass is 35.7. The Morgan fingerprint density at radius 3 is 2.43 bits per heavy atom. The van der Waals surface area contributed by atoms with Crippen molar-refractivity contribution in [2.45, 2.75) is 56.8 Å². The topological polar surface area (TPSA) is 60.4 Å². The molecule has 1 heterocycles. The van der Waals surface area contributed by atoms with Crippen molar-refractivity contribution in [1.82, 2.24) is 0 Å². The lowest BCUT2D eigenvalue weighted by molar-refractivity contribution is 0.00948. The van der Waals surface area contributed by atoms with Gasteiger partial charge >= 0.3 is 5.97 Å². The molecule has 0 radical (unpaired) electrons. The summed E-state index contributed by atoms with van der Waals surface area (Å²) in [5, 5.41) is 1.50. The molecule has 2 rings (SSSR count). The first-order valence-electron chi connectivity index (χ1n) is 6.84. The van der Waals surface area contributed by atoms with E-state index in [4.69, 9.17) is 15.4 Å². The fourth-order valence-corrected chi connectivity index (χ4v) is 5.09. The second-order valence-electron chi connectivity index (χ2n) is 6.27. The molecule has 0 saturated heterocycles. The first-order chi connectivity index (χ1) is 9.60. The quantitative estimate of drug-likeness (QED) is 0.608. The van der Waals surface area contributed by atoms with Crippen molar-refractivity contribution >= 4 is 37.0 Å². The van der Waals surface area contributed by atoms with Crippen LogP contribution < -0.4 is 0 Å². The molecule has 0 atom stereocenters. The highest BCUT2D eigenvalue weighted by Crippen LogP contribution is 2.37. The molecule has 118 valence electrons. The van der Waals surface area contributed by atoms with Gasteiger partial charge in [0.25, 0.3) is 9.05 Å². The average Bonchev–Trinajstić information content (AvgIpc) is 2.73. The Hall–Kier alpha value is -0.590. The van der Waals surface area contributed by atoms with E-state index in [9.17, 15) is 13.2 Å². The standard InChI is InChI=1S/C14H19ClO4S2/c1-9-11(8-20-13(9)21(15,17)18)12(16)19-10-4-6-14(2,3)7-5-10/h8,10H,4-7H2,1-3H3. The molecule has 0 spiro atoms. The van der Waals surface area contributed by atoms with Gasteiger partial charge in [-0.15, -0.1) is 11.3 Å². The third kappa shape index (κ3) is 3.99. The lowest BCUT2D eigenvalue weighted by atomic mass is 9.76.